The highest BCUT2D eigenvalue weighted by Gasteiger charge is 2.10. The molecule has 88 valence electrons. The lowest BCUT2D eigenvalue weighted by Crippen LogP contribution is -2.37. The van der Waals surface area contributed by atoms with Gasteiger partial charge >= 0.3 is 0 Å². The third-order valence-electron chi connectivity index (χ3n) is 2.43. The average Bonchev–Trinajstić information content (AvgIpc) is 2.16. The molecule has 0 saturated carbocycles. The van der Waals surface area contributed by atoms with Crippen molar-refractivity contribution in [1.29, 1.82) is 0 Å². The van der Waals surface area contributed by atoms with Crippen molar-refractivity contribution in [3.63, 3.8) is 0 Å². The molecule has 1 amide bonds. The summed E-state index contributed by atoms with van der Waals surface area (Å²) >= 11 is 0. The molecule has 1 aromatic rings. The molecule has 0 spiro atoms. The maximum atomic E-state index is 11.8. The minimum atomic E-state index is 0.0199. The van der Waals surface area contributed by atoms with Gasteiger partial charge in [0.1, 0.15) is 0 Å². The Kier molecular flexibility index (Phi) is 4.50. The Morgan fingerprint density at radius 1 is 1.50 bits per heavy atom. The van der Waals surface area contributed by atoms with Crippen molar-refractivity contribution in [2.75, 3.05) is 13.6 Å². The van der Waals surface area contributed by atoms with E-state index in [-0.39, 0.29) is 11.9 Å². The van der Waals surface area contributed by atoms with E-state index < -0.39 is 0 Å². The maximum absolute atomic E-state index is 11.8. The highest BCUT2D eigenvalue weighted by molar-refractivity contribution is 5.78. The maximum Gasteiger partial charge on any atom is 0.226 e. The van der Waals surface area contributed by atoms with Crippen LogP contribution >= 0.6 is 0 Å². The van der Waals surface area contributed by atoms with Gasteiger partial charge < -0.3 is 10.6 Å². The van der Waals surface area contributed by atoms with E-state index in [4.69, 9.17) is 5.73 Å². The van der Waals surface area contributed by atoms with Crippen molar-refractivity contribution in [1.82, 2.24) is 4.90 Å². The molecule has 1 aromatic carbocycles. The first-order valence-corrected chi connectivity index (χ1v) is 5.54. The highest BCUT2D eigenvalue weighted by atomic mass is 16.2. The molecule has 3 nitrogen and oxygen atoms in total. The molecule has 0 fully saturated rings. The second kappa shape index (κ2) is 5.66. The summed E-state index contributed by atoms with van der Waals surface area (Å²) < 4.78 is 0. The molecule has 0 aliphatic carbocycles. The van der Waals surface area contributed by atoms with Crippen LogP contribution in [0, 0.1) is 6.92 Å². The third-order valence-corrected chi connectivity index (χ3v) is 2.43. The van der Waals surface area contributed by atoms with Crippen LogP contribution in [0.4, 0.5) is 0 Å². The van der Waals surface area contributed by atoms with Crippen molar-refractivity contribution in [3.05, 3.63) is 35.4 Å². The van der Waals surface area contributed by atoms with Crippen LogP contribution in [0.3, 0.4) is 0 Å². The number of carbonyl (C=O) groups is 1. The Labute approximate surface area is 97.2 Å². The summed E-state index contributed by atoms with van der Waals surface area (Å²) in [6.07, 6.45) is 0.449. The number of carbonyl (C=O) groups excluding carboxylic acids is 1. The lowest BCUT2D eigenvalue weighted by molar-refractivity contribution is -0.129. The zero-order valence-electron chi connectivity index (χ0n) is 10.2. The Bertz CT molecular complexity index is 361. The van der Waals surface area contributed by atoms with Crippen LogP contribution in [0.1, 0.15) is 18.1 Å². The number of rotatable bonds is 4. The molecule has 0 aliphatic heterocycles. The second-order valence-corrected chi connectivity index (χ2v) is 4.42. The van der Waals surface area contributed by atoms with Gasteiger partial charge in [-0.15, -0.1) is 0 Å². The average molecular weight is 220 g/mol. The molecular formula is C13H20N2O. The predicted molar refractivity (Wildman–Crippen MR) is 66.2 cm³/mol. The molecule has 0 bridgehead atoms. The number of benzene rings is 1. The Hall–Kier alpha value is -1.35. The minimum absolute atomic E-state index is 0.0199. The van der Waals surface area contributed by atoms with E-state index in [1.165, 1.54) is 5.56 Å². The minimum Gasteiger partial charge on any atom is -0.344 e. The summed E-state index contributed by atoms with van der Waals surface area (Å²) in [7, 11) is 1.79. The van der Waals surface area contributed by atoms with Crippen molar-refractivity contribution in [2.45, 2.75) is 26.3 Å². The number of likely N-dealkylation sites (N-methyl/N-ethyl adjacent to an activating group) is 1. The van der Waals surface area contributed by atoms with Crippen LogP contribution in [0.15, 0.2) is 24.3 Å². The Morgan fingerprint density at radius 3 is 2.75 bits per heavy atom. The standard InChI is InChI=1S/C13H20N2O/c1-10-5-4-6-12(7-10)8-13(16)15(3)9-11(2)14/h4-7,11H,8-9,14H2,1-3H3. The van der Waals surface area contributed by atoms with Crippen molar-refractivity contribution in [3.8, 4) is 0 Å². The lowest BCUT2D eigenvalue weighted by atomic mass is 10.1. The molecule has 3 heteroatoms. The summed E-state index contributed by atoms with van der Waals surface area (Å²) in [4.78, 5) is 13.5. The van der Waals surface area contributed by atoms with Gasteiger partial charge in [0.25, 0.3) is 0 Å². The number of nitrogens with zero attached hydrogens (tertiary/aromatic N) is 1. The van der Waals surface area contributed by atoms with Crippen LogP contribution < -0.4 is 5.73 Å². The van der Waals surface area contributed by atoms with Crippen molar-refractivity contribution < 1.29 is 4.79 Å². The van der Waals surface area contributed by atoms with E-state index in [9.17, 15) is 4.79 Å². The third kappa shape index (κ3) is 4.03. The van der Waals surface area contributed by atoms with Crippen LogP contribution in [-0.2, 0) is 11.2 Å². The summed E-state index contributed by atoms with van der Waals surface area (Å²) in [5, 5.41) is 0. The topological polar surface area (TPSA) is 46.3 Å². The van der Waals surface area contributed by atoms with Crippen LogP contribution in [0.25, 0.3) is 0 Å². The molecule has 1 rings (SSSR count). The molecule has 1 atom stereocenters. The van der Waals surface area contributed by atoms with Gasteiger partial charge in [-0.3, -0.25) is 4.79 Å². The molecule has 16 heavy (non-hydrogen) atoms. The van der Waals surface area contributed by atoms with Crippen LogP contribution in [0.5, 0.6) is 0 Å². The molecular weight excluding hydrogens is 200 g/mol. The van der Waals surface area contributed by atoms with Gasteiger partial charge in [0.2, 0.25) is 5.91 Å². The predicted octanol–water partition coefficient (Wildman–Crippen LogP) is 1.34. The Balaban J connectivity index is 2.57. The van der Waals surface area contributed by atoms with Gasteiger partial charge in [-0.05, 0) is 19.4 Å². The van der Waals surface area contributed by atoms with Crippen molar-refractivity contribution >= 4 is 5.91 Å². The van der Waals surface area contributed by atoms with E-state index in [2.05, 4.69) is 0 Å². The molecule has 1 unspecified atom stereocenters. The van der Waals surface area contributed by atoms with E-state index in [0.29, 0.717) is 13.0 Å². The van der Waals surface area contributed by atoms with Gasteiger partial charge in [-0.2, -0.15) is 0 Å². The van der Waals surface area contributed by atoms with E-state index in [1.54, 1.807) is 11.9 Å². The fourth-order valence-electron chi connectivity index (χ4n) is 1.67. The van der Waals surface area contributed by atoms with E-state index in [0.717, 1.165) is 5.56 Å². The van der Waals surface area contributed by atoms with Gasteiger partial charge in [-0.25, -0.2) is 0 Å². The number of hydrogen-bond donors (Lipinski definition) is 1. The number of hydrogen-bond acceptors (Lipinski definition) is 2. The fraction of sp³-hybridized carbons (Fsp3) is 0.462. The fourth-order valence-corrected chi connectivity index (χ4v) is 1.67. The summed E-state index contributed by atoms with van der Waals surface area (Å²) in [5.41, 5.74) is 7.89. The number of nitrogens with two attached hydrogens (primary N) is 1. The smallest absolute Gasteiger partial charge is 0.226 e. The molecule has 0 aromatic heterocycles. The summed E-state index contributed by atoms with van der Waals surface area (Å²) in [5.74, 6) is 0.114. The SMILES string of the molecule is Cc1cccc(CC(=O)N(C)CC(C)N)c1. The van der Waals surface area contributed by atoms with E-state index >= 15 is 0 Å². The van der Waals surface area contributed by atoms with Crippen molar-refractivity contribution in [2.24, 2.45) is 5.73 Å². The van der Waals surface area contributed by atoms with Gasteiger partial charge in [-0.1, -0.05) is 29.8 Å². The molecule has 0 radical (unpaired) electrons. The summed E-state index contributed by atoms with van der Waals surface area (Å²) in [6.45, 7) is 4.53. The van der Waals surface area contributed by atoms with Crippen LogP contribution in [-0.4, -0.2) is 30.4 Å². The van der Waals surface area contributed by atoms with E-state index in [1.807, 2.05) is 38.1 Å². The van der Waals surface area contributed by atoms with Crippen LogP contribution in [0.2, 0.25) is 0 Å². The first-order chi connectivity index (χ1) is 7.49. The zero-order valence-corrected chi connectivity index (χ0v) is 10.2. The quantitative estimate of drug-likeness (QED) is 0.832. The number of amides is 1. The first kappa shape index (κ1) is 12.7. The lowest BCUT2D eigenvalue weighted by Gasteiger charge is -2.19. The molecule has 0 saturated heterocycles. The highest BCUT2D eigenvalue weighted by Crippen LogP contribution is 2.06. The summed E-state index contributed by atoms with van der Waals surface area (Å²) in [6, 6.07) is 8.04. The zero-order chi connectivity index (χ0) is 12.1. The van der Waals surface area contributed by atoms with Gasteiger partial charge in [0.15, 0.2) is 0 Å². The molecule has 2 N–H and O–H groups in total. The second-order valence-electron chi connectivity index (χ2n) is 4.42. The largest absolute Gasteiger partial charge is 0.344 e. The molecule has 0 aliphatic rings. The first-order valence-electron chi connectivity index (χ1n) is 5.54. The van der Waals surface area contributed by atoms with Gasteiger partial charge in [0.05, 0.1) is 6.42 Å². The number of aryl methyl sites for hydroxylation is 1. The normalized spacial score (nSPS) is 12.2. The van der Waals surface area contributed by atoms with Gasteiger partial charge in [0, 0.05) is 19.6 Å². The Morgan fingerprint density at radius 2 is 2.19 bits per heavy atom. The molecule has 0 heterocycles. The monoisotopic (exact) mass is 220 g/mol.